The molecule has 0 bridgehead atoms. The summed E-state index contributed by atoms with van der Waals surface area (Å²) in [6.07, 6.45) is 0.982. The molecule has 0 saturated carbocycles. The summed E-state index contributed by atoms with van der Waals surface area (Å²) in [5.74, 6) is 0.970. The molecule has 3 heteroatoms. The molecule has 0 amide bonds. The van der Waals surface area contributed by atoms with E-state index in [0.29, 0.717) is 11.8 Å². The largest absolute Gasteiger partial charge is 0.144 e. The quantitative estimate of drug-likeness (QED) is 0.481. The number of rotatable bonds is 4. The zero-order valence-electron chi connectivity index (χ0n) is 10.9. The van der Waals surface area contributed by atoms with Crippen LogP contribution in [0.4, 0.5) is 0 Å². The molecular weight excluding hydrogens is 352 g/mol. The Hall–Kier alpha value is -0.830. The van der Waals surface area contributed by atoms with Gasteiger partial charge in [0.2, 0.25) is 0 Å². The molecule has 0 aliphatic rings. The molecule has 3 aromatic rings. The van der Waals surface area contributed by atoms with Crippen molar-refractivity contribution in [3.8, 4) is 0 Å². The fourth-order valence-electron chi connectivity index (χ4n) is 2.51. The second-order valence-electron chi connectivity index (χ2n) is 4.83. The Bertz CT molecular complexity index is 720. The van der Waals surface area contributed by atoms with Crippen LogP contribution in [0.25, 0.3) is 10.1 Å². The minimum atomic E-state index is 0.338. The Morgan fingerprint density at radius 3 is 2.60 bits per heavy atom. The van der Waals surface area contributed by atoms with Crippen molar-refractivity contribution in [2.75, 3.05) is 5.88 Å². The summed E-state index contributed by atoms with van der Waals surface area (Å²) in [5.41, 5.74) is 2.68. The summed E-state index contributed by atoms with van der Waals surface area (Å²) >= 11 is 11.7. The maximum atomic E-state index is 6.22. The molecule has 0 radical (unpaired) electrons. The van der Waals surface area contributed by atoms with Gasteiger partial charge in [-0.05, 0) is 40.4 Å². The molecule has 1 unspecified atom stereocenters. The highest BCUT2D eigenvalue weighted by Crippen LogP contribution is 2.33. The summed E-state index contributed by atoms with van der Waals surface area (Å²) in [4.78, 5) is 0. The topological polar surface area (TPSA) is 0 Å². The van der Waals surface area contributed by atoms with Crippen LogP contribution in [-0.2, 0) is 6.42 Å². The van der Waals surface area contributed by atoms with Gasteiger partial charge in [-0.3, -0.25) is 0 Å². The van der Waals surface area contributed by atoms with Crippen LogP contribution in [0.5, 0.6) is 0 Å². The molecule has 0 saturated heterocycles. The van der Waals surface area contributed by atoms with E-state index in [9.17, 15) is 0 Å². The van der Waals surface area contributed by atoms with Gasteiger partial charge in [-0.1, -0.05) is 52.3 Å². The maximum absolute atomic E-state index is 6.22. The highest BCUT2D eigenvalue weighted by atomic mass is 79.9. The highest BCUT2D eigenvalue weighted by molar-refractivity contribution is 9.10. The number of thiophene rings is 1. The van der Waals surface area contributed by atoms with Crippen molar-refractivity contribution < 1.29 is 0 Å². The Morgan fingerprint density at radius 2 is 1.80 bits per heavy atom. The zero-order valence-corrected chi connectivity index (χ0v) is 14.0. The first-order valence-corrected chi connectivity index (χ1v) is 8.76. The molecule has 20 heavy (non-hydrogen) atoms. The molecule has 3 rings (SSSR count). The number of alkyl halides is 1. The van der Waals surface area contributed by atoms with Gasteiger partial charge in [-0.15, -0.1) is 22.9 Å². The van der Waals surface area contributed by atoms with E-state index in [1.54, 1.807) is 0 Å². The predicted octanol–water partition coefficient (Wildman–Crippen LogP) is 6.23. The number of fused-ring (bicyclic) bond motifs is 1. The molecule has 0 aliphatic carbocycles. The molecule has 0 spiro atoms. The first kappa shape index (κ1) is 14.1. The van der Waals surface area contributed by atoms with Crippen molar-refractivity contribution in [3.63, 3.8) is 0 Å². The number of hydrogen-bond acceptors (Lipinski definition) is 1. The first-order valence-electron chi connectivity index (χ1n) is 6.55. The lowest BCUT2D eigenvalue weighted by Gasteiger charge is -2.15. The highest BCUT2D eigenvalue weighted by Gasteiger charge is 2.16. The normalized spacial score (nSPS) is 12.7. The average molecular weight is 366 g/mol. The molecule has 2 aromatic carbocycles. The smallest absolute Gasteiger partial charge is 0.0345 e. The van der Waals surface area contributed by atoms with Crippen LogP contribution in [0.2, 0.25) is 0 Å². The molecule has 102 valence electrons. The number of halogens is 2. The maximum Gasteiger partial charge on any atom is 0.0345 e. The Labute approximate surface area is 136 Å². The van der Waals surface area contributed by atoms with E-state index in [4.69, 9.17) is 11.6 Å². The van der Waals surface area contributed by atoms with Crippen molar-refractivity contribution in [3.05, 3.63) is 69.5 Å². The van der Waals surface area contributed by atoms with Crippen molar-refractivity contribution in [2.45, 2.75) is 12.3 Å². The van der Waals surface area contributed by atoms with E-state index in [1.807, 2.05) is 17.4 Å². The summed E-state index contributed by atoms with van der Waals surface area (Å²) in [6, 6.07) is 16.9. The van der Waals surface area contributed by atoms with Crippen molar-refractivity contribution >= 4 is 49.0 Å². The summed E-state index contributed by atoms with van der Waals surface area (Å²) in [6.45, 7) is 0. The molecule has 0 aliphatic heterocycles. The minimum absolute atomic E-state index is 0.338. The Balaban J connectivity index is 1.94. The fraction of sp³-hybridized carbons (Fsp3) is 0.176. The van der Waals surface area contributed by atoms with Gasteiger partial charge in [0.1, 0.15) is 0 Å². The van der Waals surface area contributed by atoms with Gasteiger partial charge in [0, 0.05) is 21.0 Å². The SMILES string of the molecule is ClCC(Cc1csc2ccccc12)c1ccccc1Br. The minimum Gasteiger partial charge on any atom is -0.144 e. The van der Waals surface area contributed by atoms with Gasteiger partial charge in [0.05, 0.1) is 0 Å². The summed E-state index contributed by atoms with van der Waals surface area (Å²) in [7, 11) is 0. The number of hydrogen-bond donors (Lipinski definition) is 0. The second-order valence-corrected chi connectivity index (χ2v) is 6.91. The van der Waals surface area contributed by atoms with Crippen LogP contribution in [0, 0.1) is 0 Å². The molecule has 1 heterocycles. The Morgan fingerprint density at radius 1 is 1.05 bits per heavy atom. The molecule has 1 aromatic heterocycles. The van der Waals surface area contributed by atoms with Crippen LogP contribution < -0.4 is 0 Å². The molecule has 0 N–H and O–H groups in total. The lowest BCUT2D eigenvalue weighted by atomic mass is 9.93. The van der Waals surface area contributed by atoms with Crippen molar-refractivity contribution in [1.82, 2.24) is 0 Å². The Kier molecular flexibility index (Phi) is 4.45. The lowest BCUT2D eigenvalue weighted by Crippen LogP contribution is -2.05. The van der Waals surface area contributed by atoms with Crippen LogP contribution >= 0.6 is 38.9 Å². The second kappa shape index (κ2) is 6.30. The average Bonchev–Trinajstić information content (AvgIpc) is 2.89. The summed E-state index contributed by atoms with van der Waals surface area (Å²) in [5, 5.41) is 3.63. The van der Waals surface area contributed by atoms with E-state index < -0.39 is 0 Å². The van der Waals surface area contributed by atoms with Gasteiger partial charge in [-0.2, -0.15) is 0 Å². The van der Waals surface area contributed by atoms with Gasteiger partial charge in [-0.25, -0.2) is 0 Å². The van der Waals surface area contributed by atoms with E-state index in [0.717, 1.165) is 10.9 Å². The lowest BCUT2D eigenvalue weighted by molar-refractivity contribution is 0.768. The molecule has 0 nitrogen and oxygen atoms in total. The van der Waals surface area contributed by atoms with Gasteiger partial charge >= 0.3 is 0 Å². The standard InChI is InChI=1S/C17H14BrClS/c18-16-7-3-1-5-14(16)12(10-19)9-13-11-20-17-8-4-2-6-15(13)17/h1-8,11-12H,9-10H2. The molecule has 0 fully saturated rings. The predicted molar refractivity (Wildman–Crippen MR) is 93.1 cm³/mol. The molecular formula is C17H14BrClS. The van der Waals surface area contributed by atoms with Gasteiger partial charge < -0.3 is 0 Å². The monoisotopic (exact) mass is 364 g/mol. The van der Waals surface area contributed by atoms with Crippen LogP contribution in [0.3, 0.4) is 0 Å². The van der Waals surface area contributed by atoms with E-state index >= 15 is 0 Å². The fourth-order valence-corrected chi connectivity index (χ4v) is 4.37. The zero-order chi connectivity index (χ0) is 13.9. The van der Waals surface area contributed by atoms with Crippen molar-refractivity contribution in [1.29, 1.82) is 0 Å². The summed E-state index contributed by atoms with van der Waals surface area (Å²) < 4.78 is 2.49. The number of benzene rings is 2. The van der Waals surface area contributed by atoms with Gasteiger partial charge in [0.25, 0.3) is 0 Å². The van der Waals surface area contributed by atoms with E-state index in [-0.39, 0.29) is 0 Å². The first-order chi connectivity index (χ1) is 9.79. The van der Waals surface area contributed by atoms with E-state index in [2.05, 4.69) is 63.8 Å². The molecule has 1 atom stereocenters. The van der Waals surface area contributed by atoms with Crippen LogP contribution in [0.1, 0.15) is 17.0 Å². The van der Waals surface area contributed by atoms with Gasteiger partial charge in [0.15, 0.2) is 0 Å². The van der Waals surface area contributed by atoms with Crippen LogP contribution in [-0.4, -0.2) is 5.88 Å². The van der Waals surface area contributed by atoms with E-state index in [1.165, 1.54) is 21.2 Å². The third-order valence-corrected chi connectivity index (χ3v) is 5.67. The third kappa shape index (κ3) is 2.78. The third-order valence-electron chi connectivity index (χ3n) is 3.56. The van der Waals surface area contributed by atoms with Crippen LogP contribution in [0.15, 0.2) is 58.4 Å². The van der Waals surface area contributed by atoms with Crippen molar-refractivity contribution in [2.24, 2.45) is 0 Å².